The van der Waals surface area contributed by atoms with E-state index in [-0.39, 0.29) is 18.2 Å². The Hall–Kier alpha value is -1.05. The number of rotatable bonds is 6. The number of benzene rings is 1. The molecule has 1 unspecified atom stereocenters. The molecule has 19 heavy (non-hydrogen) atoms. The fourth-order valence-electron chi connectivity index (χ4n) is 1.28. The number of nitrogens with one attached hydrogen (secondary N) is 1. The fourth-order valence-corrected chi connectivity index (χ4v) is 2.60. The molecular formula is C12H15BrN2O3S. The average molecular weight is 347 g/mol. The quantitative estimate of drug-likeness (QED) is 0.664. The number of nitrogens with two attached hydrogens (primary N) is 1. The number of aliphatic hydroxyl groups is 1. The summed E-state index contributed by atoms with van der Waals surface area (Å²) in [7, 11) is 0. The summed E-state index contributed by atoms with van der Waals surface area (Å²) >= 11 is 4.76. The van der Waals surface area contributed by atoms with E-state index in [4.69, 9.17) is 10.8 Å². The molecule has 1 aromatic rings. The summed E-state index contributed by atoms with van der Waals surface area (Å²) in [4.78, 5) is 23.1. The number of carbonyl (C=O) groups excluding carboxylic acids is 2. The smallest absolute Gasteiger partial charge is 0.248 e. The molecule has 1 rings (SSSR count). The van der Waals surface area contributed by atoms with Crippen molar-refractivity contribution in [2.45, 2.75) is 17.9 Å². The van der Waals surface area contributed by atoms with Gasteiger partial charge in [0, 0.05) is 9.37 Å². The first-order valence-corrected chi connectivity index (χ1v) is 7.31. The number of thioether (sulfide) groups is 1. The van der Waals surface area contributed by atoms with Crippen LogP contribution in [0.25, 0.3) is 0 Å². The summed E-state index contributed by atoms with van der Waals surface area (Å²) in [5.41, 5.74) is 5.94. The van der Waals surface area contributed by atoms with Gasteiger partial charge in [-0.3, -0.25) is 9.59 Å². The number of carbonyl (C=O) groups is 2. The summed E-state index contributed by atoms with van der Waals surface area (Å²) in [5.74, 6) is -0.891. The molecule has 0 aliphatic heterocycles. The molecule has 4 N–H and O–H groups in total. The van der Waals surface area contributed by atoms with Crippen LogP contribution in [0.1, 0.15) is 5.56 Å². The summed E-state index contributed by atoms with van der Waals surface area (Å²) in [5, 5.41) is 11.6. The highest BCUT2D eigenvalue weighted by Crippen LogP contribution is 2.24. The van der Waals surface area contributed by atoms with Crippen LogP contribution in [-0.2, 0) is 9.59 Å². The van der Waals surface area contributed by atoms with Crippen molar-refractivity contribution in [3.8, 4) is 0 Å². The van der Waals surface area contributed by atoms with E-state index in [1.54, 1.807) is 0 Å². The Bertz CT molecular complexity index is 482. The van der Waals surface area contributed by atoms with Gasteiger partial charge >= 0.3 is 0 Å². The van der Waals surface area contributed by atoms with E-state index in [9.17, 15) is 9.59 Å². The van der Waals surface area contributed by atoms with Crippen LogP contribution in [0, 0.1) is 6.92 Å². The van der Waals surface area contributed by atoms with Gasteiger partial charge in [-0.1, -0.05) is 15.9 Å². The van der Waals surface area contributed by atoms with E-state index in [0.29, 0.717) is 0 Å². The molecule has 0 aromatic heterocycles. The maximum absolute atomic E-state index is 11.5. The largest absolute Gasteiger partial charge is 0.381 e. The van der Waals surface area contributed by atoms with Gasteiger partial charge in [0.05, 0.1) is 12.3 Å². The molecule has 2 amide bonds. The minimum atomic E-state index is -1.34. The highest BCUT2D eigenvalue weighted by Gasteiger charge is 2.12. The van der Waals surface area contributed by atoms with Crippen LogP contribution < -0.4 is 11.1 Å². The lowest BCUT2D eigenvalue weighted by Crippen LogP contribution is -2.40. The van der Waals surface area contributed by atoms with E-state index < -0.39 is 12.0 Å². The van der Waals surface area contributed by atoms with E-state index in [1.165, 1.54) is 11.8 Å². The third-order valence-electron chi connectivity index (χ3n) is 2.32. The van der Waals surface area contributed by atoms with E-state index in [0.717, 1.165) is 14.9 Å². The predicted octanol–water partition coefficient (Wildman–Crippen LogP) is 0.812. The number of hydrogen-bond donors (Lipinski definition) is 3. The molecule has 7 heteroatoms. The monoisotopic (exact) mass is 346 g/mol. The molecular weight excluding hydrogens is 332 g/mol. The van der Waals surface area contributed by atoms with Gasteiger partial charge in [-0.2, -0.15) is 0 Å². The molecule has 0 saturated carbocycles. The van der Waals surface area contributed by atoms with Crippen molar-refractivity contribution in [2.24, 2.45) is 5.73 Å². The molecule has 1 aromatic carbocycles. The molecule has 0 aliphatic carbocycles. The summed E-state index contributed by atoms with van der Waals surface area (Å²) in [6, 6.07) is 5.80. The maximum Gasteiger partial charge on any atom is 0.248 e. The van der Waals surface area contributed by atoms with Crippen LogP contribution in [0.4, 0.5) is 0 Å². The number of aryl methyl sites for hydroxylation is 1. The second kappa shape index (κ2) is 7.52. The topological polar surface area (TPSA) is 92.4 Å². The van der Waals surface area contributed by atoms with Crippen LogP contribution in [0.5, 0.6) is 0 Å². The first-order valence-electron chi connectivity index (χ1n) is 5.53. The minimum Gasteiger partial charge on any atom is -0.381 e. The lowest BCUT2D eigenvalue weighted by Gasteiger charge is -2.09. The maximum atomic E-state index is 11.5. The molecule has 0 radical (unpaired) electrons. The third-order valence-corrected chi connectivity index (χ3v) is 3.99. The Morgan fingerprint density at radius 1 is 1.53 bits per heavy atom. The number of primary amides is 1. The van der Waals surface area contributed by atoms with Crippen molar-refractivity contribution in [1.82, 2.24) is 5.32 Å². The second-order valence-corrected chi connectivity index (χ2v) is 5.85. The van der Waals surface area contributed by atoms with Crippen LogP contribution in [0.15, 0.2) is 27.6 Å². The summed E-state index contributed by atoms with van der Waals surface area (Å²) in [6.07, 6.45) is -1.34. The highest BCUT2D eigenvalue weighted by atomic mass is 79.9. The first kappa shape index (κ1) is 16.0. The zero-order chi connectivity index (χ0) is 14.4. The molecule has 104 valence electrons. The van der Waals surface area contributed by atoms with Gasteiger partial charge in [-0.15, -0.1) is 11.8 Å². The number of amides is 2. The number of aliphatic hydroxyl groups excluding tert-OH is 1. The van der Waals surface area contributed by atoms with Gasteiger partial charge in [-0.05, 0) is 30.7 Å². The van der Waals surface area contributed by atoms with E-state index in [1.807, 2.05) is 25.1 Å². The van der Waals surface area contributed by atoms with Gasteiger partial charge in [0.25, 0.3) is 0 Å². The van der Waals surface area contributed by atoms with Crippen LogP contribution in [0.2, 0.25) is 0 Å². The summed E-state index contributed by atoms with van der Waals surface area (Å²) < 4.78 is 0.989. The van der Waals surface area contributed by atoms with Crippen molar-refractivity contribution < 1.29 is 14.7 Å². The molecule has 5 nitrogen and oxygen atoms in total. The van der Waals surface area contributed by atoms with Gasteiger partial charge in [-0.25, -0.2) is 0 Å². The molecule has 0 spiro atoms. The Kier molecular flexibility index (Phi) is 6.33. The minimum absolute atomic E-state index is 0.159. The van der Waals surface area contributed by atoms with Crippen LogP contribution in [0.3, 0.4) is 0 Å². The van der Waals surface area contributed by atoms with Crippen molar-refractivity contribution in [3.63, 3.8) is 0 Å². The molecule has 0 saturated heterocycles. The normalized spacial score (nSPS) is 11.9. The van der Waals surface area contributed by atoms with Gasteiger partial charge in [0.1, 0.15) is 6.10 Å². The Morgan fingerprint density at radius 2 is 2.21 bits per heavy atom. The number of hydrogen-bond acceptors (Lipinski definition) is 4. The van der Waals surface area contributed by atoms with Crippen molar-refractivity contribution in [3.05, 3.63) is 28.2 Å². The zero-order valence-corrected chi connectivity index (χ0v) is 12.8. The second-order valence-electron chi connectivity index (χ2n) is 3.92. The Balaban J connectivity index is 2.40. The third kappa shape index (κ3) is 5.63. The lowest BCUT2D eigenvalue weighted by atomic mass is 10.2. The predicted molar refractivity (Wildman–Crippen MR) is 77.8 cm³/mol. The number of halogens is 1. The molecule has 0 bridgehead atoms. The fraction of sp³-hybridized carbons (Fsp3) is 0.333. The van der Waals surface area contributed by atoms with Gasteiger partial charge in [0.2, 0.25) is 11.8 Å². The Morgan fingerprint density at radius 3 is 2.79 bits per heavy atom. The standard InChI is InChI=1S/C12H15BrN2O3S/c1-7-4-8(13)2-3-10(7)19-6-11(17)15-5-9(16)12(14)18/h2-4,9,16H,5-6H2,1H3,(H2,14,18)(H,15,17). The Labute approximate surface area is 124 Å². The van der Waals surface area contributed by atoms with Crippen molar-refractivity contribution in [1.29, 1.82) is 0 Å². The van der Waals surface area contributed by atoms with Crippen LogP contribution >= 0.6 is 27.7 Å². The van der Waals surface area contributed by atoms with Crippen molar-refractivity contribution in [2.75, 3.05) is 12.3 Å². The molecule has 0 fully saturated rings. The summed E-state index contributed by atoms with van der Waals surface area (Å²) in [6.45, 7) is 1.80. The zero-order valence-electron chi connectivity index (χ0n) is 10.4. The molecule has 1 atom stereocenters. The van der Waals surface area contributed by atoms with Crippen molar-refractivity contribution >= 4 is 39.5 Å². The van der Waals surface area contributed by atoms with Crippen LogP contribution in [-0.4, -0.2) is 35.3 Å². The average Bonchev–Trinajstić information content (AvgIpc) is 2.34. The van der Waals surface area contributed by atoms with Gasteiger partial charge in [0.15, 0.2) is 0 Å². The molecule has 0 aliphatic rings. The highest BCUT2D eigenvalue weighted by molar-refractivity contribution is 9.10. The van der Waals surface area contributed by atoms with E-state index >= 15 is 0 Å². The van der Waals surface area contributed by atoms with Gasteiger partial charge < -0.3 is 16.2 Å². The molecule has 0 heterocycles. The first-order chi connectivity index (χ1) is 8.90. The lowest BCUT2D eigenvalue weighted by molar-refractivity contribution is -0.126. The SMILES string of the molecule is Cc1cc(Br)ccc1SCC(=O)NCC(O)C(N)=O. The van der Waals surface area contributed by atoms with E-state index in [2.05, 4.69) is 21.2 Å².